The molecule has 2 N–H and O–H groups in total. The van der Waals surface area contributed by atoms with E-state index in [0.717, 1.165) is 21.8 Å². The van der Waals surface area contributed by atoms with E-state index in [2.05, 4.69) is 5.32 Å². The second-order valence-corrected chi connectivity index (χ2v) is 6.10. The van der Waals surface area contributed by atoms with Gasteiger partial charge in [-0.05, 0) is 43.2 Å². The molecule has 1 aromatic heterocycles. The van der Waals surface area contributed by atoms with Crippen molar-refractivity contribution in [3.63, 3.8) is 0 Å². The molecule has 116 valence electrons. The van der Waals surface area contributed by atoms with Gasteiger partial charge in [0.15, 0.2) is 0 Å². The van der Waals surface area contributed by atoms with Gasteiger partial charge in [-0.3, -0.25) is 9.59 Å². The zero-order valence-corrected chi connectivity index (χ0v) is 13.4. The summed E-state index contributed by atoms with van der Waals surface area (Å²) >= 11 is 1.34. The maximum Gasteiger partial charge on any atom is 0.325 e. The number of carbonyl (C=O) groups excluding carboxylic acids is 1. The Morgan fingerprint density at radius 1 is 1.27 bits per heavy atom. The number of rotatable bonds is 5. The Morgan fingerprint density at radius 2 is 1.91 bits per heavy atom. The lowest BCUT2D eigenvalue weighted by atomic mass is 10.1. The van der Waals surface area contributed by atoms with Crippen LogP contribution < -0.4 is 10.1 Å². The van der Waals surface area contributed by atoms with Crippen LogP contribution in [0.15, 0.2) is 30.3 Å². The molecule has 0 aliphatic rings. The van der Waals surface area contributed by atoms with Crippen molar-refractivity contribution in [2.24, 2.45) is 0 Å². The fourth-order valence-corrected chi connectivity index (χ4v) is 2.93. The van der Waals surface area contributed by atoms with Crippen LogP contribution in [0.4, 0.5) is 0 Å². The summed E-state index contributed by atoms with van der Waals surface area (Å²) in [6.07, 6.45) is 0. The van der Waals surface area contributed by atoms with Crippen LogP contribution in [-0.2, 0) is 4.79 Å². The number of amides is 1. The second-order valence-electron chi connectivity index (χ2n) is 4.84. The lowest BCUT2D eigenvalue weighted by molar-refractivity contribution is -0.138. The molecule has 0 fully saturated rings. The van der Waals surface area contributed by atoms with Gasteiger partial charge < -0.3 is 15.2 Å². The number of aryl methyl sites for hydroxylation is 1. The number of hydrogen-bond acceptors (Lipinski definition) is 4. The van der Waals surface area contributed by atoms with Gasteiger partial charge in [0, 0.05) is 4.88 Å². The molecular weight excluding hydrogens is 302 g/mol. The lowest BCUT2D eigenvalue weighted by Crippen LogP contribution is -2.37. The monoisotopic (exact) mass is 319 g/mol. The molecule has 2 aromatic rings. The predicted molar refractivity (Wildman–Crippen MR) is 85.6 cm³/mol. The van der Waals surface area contributed by atoms with E-state index in [4.69, 9.17) is 9.84 Å². The van der Waals surface area contributed by atoms with E-state index in [1.54, 1.807) is 13.2 Å². The van der Waals surface area contributed by atoms with Crippen molar-refractivity contribution in [2.75, 3.05) is 7.11 Å². The number of methoxy groups -OCH3 is 1. The summed E-state index contributed by atoms with van der Waals surface area (Å²) in [6, 6.07) is 8.44. The smallest absolute Gasteiger partial charge is 0.325 e. The predicted octanol–water partition coefficient (Wildman–Crippen LogP) is 2.94. The van der Waals surface area contributed by atoms with E-state index < -0.39 is 12.0 Å². The first-order valence-electron chi connectivity index (χ1n) is 6.71. The van der Waals surface area contributed by atoms with Crippen LogP contribution in [0.2, 0.25) is 0 Å². The topological polar surface area (TPSA) is 75.6 Å². The molecule has 0 aliphatic carbocycles. The molecule has 1 aromatic carbocycles. The molecule has 1 atom stereocenters. The van der Waals surface area contributed by atoms with Gasteiger partial charge in [0.2, 0.25) is 0 Å². The van der Waals surface area contributed by atoms with E-state index in [0.29, 0.717) is 4.88 Å². The Bertz CT molecular complexity index is 691. The Morgan fingerprint density at radius 3 is 2.45 bits per heavy atom. The highest BCUT2D eigenvalue weighted by molar-refractivity contribution is 7.14. The number of ether oxygens (including phenoxy) is 1. The van der Waals surface area contributed by atoms with Crippen molar-refractivity contribution in [1.29, 1.82) is 0 Å². The molecule has 0 bridgehead atoms. The molecule has 0 saturated heterocycles. The third-order valence-corrected chi connectivity index (χ3v) is 4.31. The van der Waals surface area contributed by atoms with Gasteiger partial charge in [0.05, 0.1) is 12.0 Å². The van der Waals surface area contributed by atoms with Crippen molar-refractivity contribution in [3.05, 3.63) is 40.1 Å². The minimum Gasteiger partial charge on any atom is -0.497 e. The van der Waals surface area contributed by atoms with E-state index in [1.807, 2.05) is 31.2 Å². The number of hydrogen-bond donors (Lipinski definition) is 2. The highest BCUT2D eigenvalue weighted by Gasteiger charge is 2.18. The van der Waals surface area contributed by atoms with E-state index in [9.17, 15) is 9.59 Å². The van der Waals surface area contributed by atoms with Crippen molar-refractivity contribution in [3.8, 4) is 16.9 Å². The highest BCUT2D eigenvalue weighted by Crippen LogP contribution is 2.32. The number of carboxylic acid groups (broad SMARTS) is 1. The van der Waals surface area contributed by atoms with Gasteiger partial charge in [0.25, 0.3) is 5.91 Å². The van der Waals surface area contributed by atoms with Gasteiger partial charge in [-0.25, -0.2) is 0 Å². The average Bonchev–Trinajstić information content (AvgIpc) is 2.89. The van der Waals surface area contributed by atoms with Crippen molar-refractivity contribution < 1.29 is 19.4 Å². The summed E-state index contributed by atoms with van der Waals surface area (Å²) in [5.74, 6) is -0.662. The summed E-state index contributed by atoms with van der Waals surface area (Å²) in [5.41, 5.74) is 1.95. The van der Waals surface area contributed by atoms with Crippen LogP contribution in [0.25, 0.3) is 11.1 Å². The number of nitrogens with one attached hydrogen (secondary N) is 1. The fraction of sp³-hybridized carbons (Fsp3) is 0.250. The molecule has 0 saturated carbocycles. The fourth-order valence-electron chi connectivity index (χ4n) is 1.98. The molecular formula is C16H17NO4S. The molecule has 0 aliphatic heterocycles. The number of aliphatic carboxylic acids is 1. The van der Waals surface area contributed by atoms with Gasteiger partial charge in [-0.1, -0.05) is 12.1 Å². The summed E-state index contributed by atoms with van der Waals surface area (Å²) in [4.78, 5) is 24.4. The number of carbonyl (C=O) groups is 2. The maximum atomic E-state index is 12.1. The van der Waals surface area contributed by atoms with Crippen LogP contribution in [0.1, 0.15) is 21.5 Å². The number of benzene rings is 1. The molecule has 6 heteroatoms. The largest absolute Gasteiger partial charge is 0.497 e. The number of thiophene rings is 1. The number of carboxylic acids is 1. The normalized spacial score (nSPS) is 11.8. The van der Waals surface area contributed by atoms with Crippen LogP contribution in [0.3, 0.4) is 0 Å². The standard InChI is InChI=1S/C16H17NO4S/c1-9(16(19)20)17-15(18)14-8-13(10(2)22-14)11-4-6-12(21-3)7-5-11/h4-9H,1-3H3,(H,17,18)(H,19,20). The van der Waals surface area contributed by atoms with Crippen LogP contribution in [0.5, 0.6) is 5.75 Å². The first-order chi connectivity index (χ1) is 10.4. The Labute approximate surface area is 132 Å². The van der Waals surface area contributed by atoms with E-state index in [-0.39, 0.29) is 5.91 Å². The minimum absolute atomic E-state index is 0.372. The summed E-state index contributed by atoms with van der Waals surface area (Å²) in [6.45, 7) is 3.37. The molecule has 5 nitrogen and oxygen atoms in total. The maximum absolute atomic E-state index is 12.1. The third-order valence-electron chi connectivity index (χ3n) is 3.26. The molecule has 1 heterocycles. The Kier molecular flexibility index (Phi) is 4.82. The molecule has 22 heavy (non-hydrogen) atoms. The lowest BCUT2D eigenvalue weighted by Gasteiger charge is -2.07. The summed E-state index contributed by atoms with van der Waals surface area (Å²) < 4.78 is 5.13. The van der Waals surface area contributed by atoms with Crippen molar-refractivity contribution in [1.82, 2.24) is 5.32 Å². The molecule has 1 amide bonds. The Balaban J connectivity index is 2.23. The molecule has 1 unspecified atom stereocenters. The summed E-state index contributed by atoms with van der Waals surface area (Å²) in [7, 11) is 1.61. The van der Waals surface area contributed by atoms with Gasteiger partial charge >= 0.3 is 5.97 Å². The van der Waals surface area contributed by atoms with Crippen LogP contribution in [-0.4, -0.2) is 30.1 Å². The van der Waals surface area contributed by atoms with Crippen LogP contribution >= 0.6 is 11.3 Å². The van der Waals surface area contributed by atoms with E-state index in [1.165, 1.54) is 18.3 Å². The molecule has 2 rings (SSSR count). The zero-order valence-electron chi connectivity index (χ0n) is 12.5. The first-order valence-corrected chi connectivity index (χ1v) is 7.52. The second kappa shape index (κ2) is 6.62. The van der Waals surface area contributed by atoms with Crippen LogP contribution in [0, 0.1) is 6.92 Å². The quantitative estimate of drug-likeness (QED) is 0.888. The molecule has 0 spiro atoms. The van der Waals surface area contributed by atoms with Gasteiger partial charge in [-0.2, -0.15) is 0 Å². The first kappa shape index (κ1) is 16.0. The SMILES string of the molecule is COc1ccc(-c2cc(C(=O)NC(C)C(=O)O)sc2C)cc1. The molecule has 0 radical (unpaired) electrons. The highest BCUT2D eigenvalue weighted by atomic mass is 32.1. The average molecular weight is 319 g/mol. The zero-order chi connectivity index (χ0) is 16.3. The Hall–Kier alpha value is -2.34. The van der Waals surface area contributed by atoms with Gasteiger partial charge in [0.1, 0.15) is 11.8 Å². The van der Waals surface area contributed by atoms with Gasteiger partial charge in [-0.15, -0.1) is 11.3 Å². The van der Waals surface area contributed by atoms with E-state index >= 15 is 0 Å². The minimum atomic E-state index is -1.06. The third kappa shape index (κ3) is 3.46. The summed E-state index contributed by atoms with van der Waals surface area (Å²) in [5, 5.41) is 11.3. The van der Waals surface area contributed by atoms with Crippen molar-refractivity contribution >= 4 is 23.2 Å². The van der Waals surface area contributed by atoms with Crippen molar-refractivity contribution in [2.45, 2.75) is 19.9 Å².